The van der Waals surface area contributed by atoms with Gasteiger partial charge in [0.2, 0.25) is 0 Å². The first-order valence-electron chi connectivity index (χ1n) is 7.18. The molecule has 0 aliphatic rings. The number of ether oxygens (including phenoxy) is 1. The van der Waals surface area contributed by atoms with E-state index in [2.05, 4.69) is 5.32 Å². The number of anilines is 1. The van der Waals surface area contributed by atoms with Crippen LogP contribution in [0.1, 0.15) is 6.92 Å². The number of carbonyl (C=O) groups excluding carboxylic acids is 1. The highest BCUT2D eigenvalue weighted by Crippen LogP contribution is 2.20. The van der Waals surface area contributed by atoms with Gasteiger partial charge in [-0.15, -0.1) is 0 Å². The Morgan fingerprint density at radius 2 is 1.83 bits per heavy atom. The van der Waals surface area contributed by atoms with Crippen molar-refractivity contribution in [1.82, 2.24) is 0 Å². The maximum atomic E-state index is 12.1. The molecule has 0 fully saturated rings. The molecule has 1 N–H and O–H groups in total. The lowest BCUT2D eigenvalue weighted by Gasteiger charge is -2.15. The highest BCUT2D eigenvalue weighted by atomic mass is 16.5. The zero-order valence-corrected chi connectivity index (χ0v) is 12.5. The monoisotopic (exact) mass is 309 g/mol. The first-order chi connectivity index (χ1) is 11.1. The third kappa shape index (κ3) is 3.58. The second kappa shape index (κ2) is 6.36. The SMILES string of the molecule is CC(Oc1ccc2ccc(=O)oc2c1)C(=O)Nc1ccccc1. The van der Waals surface area contributed by atoms with Crippen molar-refractivity contribution in [3.05, 3.63) is 71.1 Å². The Morgan fingerprint density at radius 3 is 2.61 bits per heavy atom. The first kappa shape index (κ1) is 14.8. The van der Waals surface area contributed by atoms with Gasteiger partial charge in [0.05, 0.1) is 0 Å². The largest absolute Gasteiger partial charge is 0.481 e. The van der Waals surface area contributed by atoms with Gasteiger partial charge in [0.25, 0.3) is 5.91 Å². The number of carbonyl (C=O) groups is 1. The minimum Gasteiger partial charge on any atom is -0.481 e. The normalized spacial score (nSPS) is 11.9. The van der Waals surface area contributed by atoms with Crippen LogP contribution in [0.25, 0.3) is 11.0 Å². The predicted molar refractivity (Wildman–Crippen MR) is 87.6 cm³/mol. The van der Waals surface area contributed by atoms with Gasteiger partial charge in [-0.3, -0.25) is 4.79 Å². The Kier molecular flexibility index (Phi) is 4.10. The van der Waals surface area contributed by atoms with Crippen molar-refractivity contribution in [3.63, 3.8) is 0 Å². The molecule has 0 radical (unpaired) electrons. The molecule has 2 aromatic carbocycles. The van der Waals surface area contributed by atoms with Gasteiger partial charge in [0.15, 0.2) is 6.10 Å². The Hall–Kier alpha value is -3.08. The molecule has 3 rings (SSSR count). The summed E-state index contributed by atoms with van der Waals surface area (Å²) < 4.78 is 10.7. The van der Waals surface area contributed by atoms with Crippen LogP contribution >= 0.6 is 0 Å². The Labute approximate surface area is 132 Å². The molecule has 0 aliphatic carbocycles. The number of hydrogen-bond acceptors (Lipinski definition) is 4. The summed E-state index contributed by atoms with van der Waals surface area (Å²) >= 11 is 0. The molecule has 5 heteroatoms. The summed E-state index contributed by atoms with van der Waals surface area (Å²) in [6.07, 6.45) is -0.692. The van der Waals surface area contributed by atoms with Gasteiger partial charge in [-0.25, -0.2) is 4.79 Å². The van der Waals surface area contributed by atoms with Crippen molar-refractivity contribution in [2.75, 3.05) is 5.32 Å². The van der Waals surface area contributed by atoms with Gasteiger partial charge < -0.3 is 14.5 Å². The highest BCUT2D eigenvalue weighted by molar-refractivity contribution is 5.94. The highest BCUT2D eigenvalue weighted by Gasteiger charge is 2.15. The topological polar surface area (TPSA) is 68.5 Å². The van der Waals surface area contributed by atoms with E-state index in [-0.39, 0.29) is 5.91 Å². The van der Waals surface area contributed by atoms with Gasteiger partial charge in [0, 0.05) is 23.2 Å². The van der Waals surface area contributed by atoms with Crippen LogP contribution in [-0.2, 0) is 4.79 Å². The van der Waals surface area contributed by atoms with E-state index in [1.807, 2.05) is 18.2 Å². The molecule has 0 spiro atoms. The van der Waals surface area contributed by atoms with E-state index < -0.39 is 11.7 Å². The Morgan fingerprint density at radius 1 is 1.09 bits per heavy atom. The molecular weight excluding hydrogens is 294 g/mol. The van der Waals surface area contributed by atoms with Gasteiger partial charge >= 0.3 is 5.63 Å². The quantitative estimate of drug-likeness (QED) is 0.751. The molecule has 1 amide bonds. The van der Waals surface area contributed by atoms with Gasteiger partial charge in [-0.1, -0.05) is 18.2 Å². The fraction of sp³-hybridized carbons (Fsp3) is 0.111. The zero-order valence-electron chi connectivity index (χ0n) is 12.5. The van der Waals surface area contributed by atoms with Crippen molar-refractivity contribution >= 4 is 22.6 Å². The molecule has 1 atom stereocenters. The maximum absolute atomic E-state index is 12.1. The number of fused-ring (bicyclic) bond motifs is 1. The molecular formula is C18H15NO4. The number of nitrogens with one attached hydrogen (secondary N) is 1. The van der Waals surface area contributed by atoms with E-state index in [1.165, 1.54) is 6.07 Å². The van der Waals surface area contributed by atoms with E-state index in [9.17, 15) is 9.59 Å². The van der Waals surface area contributed by atoms with E-state index >= 15 is 0 Å². The zero-order chi connectivity index (χ0) is 16.2. The van der Waals surface area contributed by atoms with Crippen molar-refractivity contribution in [1.29, 1.82) is 0 Å². The van der Waals surface area contributed by atoms with Gasteiger partial charge in [0.1, 0.15) is 11.3 Å². The molecule has 1 unspecified atom stereocenters. The standard InChI is InChI=1S/C18H15NO4/c1-12(18(21)19-14-5-3-2-4-6-14)22-15-9-7-13-8-10-17(20)23-16(13)11-15/h2-12H,1H3,(H,19,21). The van der Waals surface area contributed by atoms with Crippen molar-refractivity contribution in [2.24, 2.45) is 0 Å². The van der Waals surface area contributed by atoms with Gasteiger partial charge in [-0.05, 0) is 37.3 Å². The average Bonchev–Trinajstić information content (AvgIpc) is 2.55. The smallest absolute Gasteiger partial charge is 0.336 e. The molecule has 0 bridgehead atoms. The Balaban J connectivity index is 1.73. The number of hydrogen-bond donors (Lipinski definition) is 1. The number of benzene rings is 2. The van der Waals surface area contributed by atoms with Crippen LogP contribution in [0, 0.1) is 0 Å². The fourth-order valence-electron chi connectivity index (χ4n) is 2.14. The summed E-state index contributed by atoms with van der Waals surface area (Å²) in [5.74, 6) is 0.202. The van der Waals surface area contributed by atoms with Crippen LogP contribution in [0.3, 0.4) is 0 Å². The van der Waals surface area contributed by atoms with Crippen LogP contribution in [0.2, 0.25) is 0 Å². The molecule has 0 saturated heterocycles. The third-order valence-corrected chi connectivity index (χ3v) is 3.32. The van der Waals surface area contributed by atoms with Crippen molar-refractivity contribution in [3.8, 4) is 5.75 Å². The van der Waals surface area contributed by atoms with Crippen LogP contribution in [0.15, 0.2) is 69.9 Å². The number of amides is 1. The lowest BCUT2D eigenvalue weighted by Crippen LogP contribution is -2.30. The maximum Gasteiger partial charge on any atom is 0.336 e. The molecule has 23 heavy (non-hydrogen) atoms. The first-order valence-corrected chi connectivity index (χ1v) is 7.18. The summed E-state index contributed by atoms with van der Waals surface area (Å²) in [4.78, 5) is 23.4. The lowest BCUT2D eigenvalue weighted by atomic mass is 10.2. The molecule has 116 valence electrons. The number of para-hydroxylation sites is 1. The van der Waals surface area contributed by atoms with Crippen LogP contribution in [0.4, 0.5) is 5.69 Å². The summed E-state index contributed by atoms with van der Waals surface area (Å²) in [6, 6.07) is 17.3. The summed E-state index contributed by atoms with van der Waals surface area (Å²) in [6.45, 7) is 1.66. The van der Waals surface area contributed by atoms with Crippen molar-refractivity contribution < 1.29 is 13.9 Å². The van der Waals surface area contributed by atoms with Crippen LogP contribution < -0.4 is 15.7 Å². The van der Waals surface area contributed by atoms with E-state index in [4.69, 9.17) is 9.15 Å². The molecule has 0 saturated carbocycles. The van der Waals surface area contributed by atoms with Crippen molar-refractivity contribution in [2.45, 2.75) is 13.0 Å². The van der Waals surface area contributed by atoms with E-state index in [0.29, 0.717) is 17.0 Å². The molecule has 1 aromatic heterocycles. The summed E-state index contributed by atoms with van der Waals surface area (Å²) in [5.41, 5.74) is 0.702. The lowest BCUT2D eigenvalue weighted by molar-refractivity contribution is -0.122. The average molecular weight is 309 g/mol. The van der Waals surface area contributed by atoms with E-state index in [1.54, 1.807) is 43.3 Å². The fourth-order valence-corrected chi connectivity index (χ4v) is 2.14. The number of rotatable bonds is 4. The minimum absolute atomic E-state index is 0.259. The predicted octanol–water partition coefficient (Wildman–Crippen LogP) is 3.20. The molecule has 5 nitrogen and oxygen atoms in total. The summed E-state index contributed by atoms with van der Waals surface area (Å²) in [7, 11) is 0. The molecule has 0 aliphatic heterocycles. The van der Waals surface area contributed by atoms with Crippen LogP contribution in [-0.4, -0.2) is 12.0 Å². The van der Waals surface area contributed by atoms with Crippen LogP contribution in [0.5, 0.6) is 5.75 Å². The van der Waals surface area contributed by atoms with E-state index in [0.717, 1.165) is 5.39 Å². The second-order valence-corrected chi connectivity index (χ2v) is 5.07. The summed E-state index contributed by atoms with van der Waals surface area (Å²) in [5, 5.41) is 3.56. The van der Waals surface area contributed by atoms with Gasteiger partial charge in [-0.2, -0.15) is 0 Å². The Bertz CT molecular complexity index is 886. The second-order valence-electron chi connectivity index (χ2n) is 5.07. The molecule has 1 heterocycles. The third-order valence-electron chi connectivity index (χ3n) is 3.32. The molecule has 3 aromatic rings. The minimum atomic E-state index is -0.692.